The summed E-state index contributed by atoms with van der Waals surface area (Å²) in [5.74, 6) is 1.40. The molecule has 0 amide bonds. The fraction of sp³-hybridized carbons (Fsp3) is 0.333. The molecule has 0 saturated carbocycles. The Kier molecular flexibility index (Phi) is 6.71. The predicted molar refractivity (Wildman–Crippen MR) is 92.5 cm³/mol. The van der Waals surface area contributed by atoms with Gasteiger partial charge < -0.3 is 14.2 Å². The minimum absolute atomic E-state index is 0.142. The van der Waals surface area contributed by atoms with Gasteiger partial charge in [-0.3, -0.25) is 5.32 Å². The van der Waals surface area contributed by atoms with Gasteiger partial charge in [0.05, 0.1) is 19.2 Å². The van der Waals surface area contributed by atoms with Crippen molar-refractivity contribution in [1.29, 1.82) is 0 Å². The van der Waals surface area contributed by atoms with Crippen molar-refractivity contribution in [3.63, 3.8) is 0 Å². The molecule has 5 heteroatoms. The molecule has 1 N–H and O–H groups in total. The molecular weight excluding hydrogens is 314 g/mol. The molecule has 0 heterocycles. The third kappa shape index (κ3) is 4.61. The lowest BCUT2D eigenvalue weighted by Crippen LogP contribution is -2.25. The Hall–Kier alpha value is -1.75. The lowest BCUT2D eigenvalue weighted by atomic mass is 10.1. The Morgan fingerprint density at radius 3 is 2.30 bits per heavy atom. The van der Waals surface area contributed by atoms with E-state index in [9.17, 15) is 0 Å². The summed E-state index contributed by atoms with van der Waals surface area (Å²) in [6.45, 7) is 0.731. The molecule has 0 fully saturated rings. The van der Waals surface area contributed by atoms with Gasteiger partial charge in [-0.15, -0.1) is 0 Å². The SMILES string of the molecule is COc1cc(CCNC(OC)c2ccccc2)c(OC)cc1Cl. The van der Waals surface area contributed by atoms with E-state index in [0.29, 0.717) is 10.8 Å². The Bertz CT molecular complexity index is 619. The maximum absolute atomic E-state index is 6.13. The number of methoxy groups -OCH3 is 3. The Balaban J connectivity index is 2.03. The molecule has 4 nitrogen and oxygen atoms in total. The van der Waals surface area contributed by atoms with Crippen LogP contribution in [0, 0.1) is 0 Å². The molecule has 0 aliphatic carbocycles. The van der Waals surface area contributed by atoms with Gasteiger partial charge in [0.15, 0.2) is 0 Å². The van der Waals surface area contributed by atoms with Crippen molar-refractivity contribution in [1.82, 2.24) is 5.32 Å². The number of ether oxygens (including phenoxy) is 3. The molecule has 0 spiro atoms. The minimum atomic E-state index is -0.142. The number of hydrogen-bond donors (Lipinski definition) is 1. The van der Waals surface area contributed by atoms with E-state index < -0.39 is 0 Å². The summed E-state index contributed by atoms with van der Waals surface area (Å²) >= 11 is 6.13. The molecule has 1 unspecified atom stereocenters. The molecule has 0 saturated heterocycles. The van der Waals surface area contributed by atoms with Crippen LogP contribution in [0.2, 0.25) is 5.02 Å². The van der Waals surface area contributed by atoms with Crippen LogP contribution in [0.5, 0.6) is 11.5 Å². The molecule has 2 aromatic rings. The number of nitrogens with one attached hydrogen (secondary N) is 1. The first-order valence-electron chi connectivity index (χ1n) is 7.41. The quantitative estimate of drug-likeness (QED) is 0.744. The van der Waals surface area contributed by atoms with Crippen molar-refractivity contribution in [2.24, 2.45) is 0 Å². The average Bonchev–Trinajstić information content (AvgIpc) is 2.60. The van der Waals surface area contributed by atoms with Crippen molar-refractivity contribution < 1.29 is 14.2 Å². The summed E-state index contributed by atoms with van der Waals surface area (Å²) in [6.07, 6.45) is 0.625. The fourth-order valence-electron chi connectivity index (χ4n) is 2.42. The summed E-state index contributed by atoms with van der Waals surface area (Å²) in [4.78, 5) is 0. The van der Waals surface area contributed by atoms with Gasteiger partial charge in [-0.1, -0.05) is 41.9 Å². The van der Waals surface area contributed by atoms with E-state index in [1.54, 1.807) is 27.4 Å². The second kappa shape index (κ2) is 8.77. The van der Waals surface area contributed by atoms with Gasteiger partial charge in [-0.25, -0.2) is 0 Å². The van der Waals surface area contributed by atoms with E-state index in [1.807, 2.05) is 36.4 Å². The largest absolute Gasteiger partial charge is 0.496 e. The number of benzene rings is 2. The zero-order chi connectivity index (χ0) is 16.7. The lowest BCUT2D eigenvalue weighted by Gasteiger charge is -2.18. The Labute approximate surface area is 142 Å². The van der Waals surface area contributed by atoms with E-state index in [4.69, 9.17) is 25.8 Å². The van der Waals surface area contributed by atoms with Gasteiger partial charge in [0.25, 0.3) is 0 Å². The van der Waals surface area contributed by atoms with Gasteiger partial charge in [0, 0.05) is 19.7 Å². The highest BCUT2D eigenvalue weighted by Crippen LogP contribution is 2.32. The Morgan fingerprint density at radius 1 is 1.00 bits per heavy atom. The van der Waals surface area contributed by atoms with Gasteiger partial charge in [0.1, 0.15) is 17.7 Å². The number of hydrogen-bond acceptors (Lipinski definition) is 4. The van der Waals surface area contributed by atoms with Crippen LogP contribution >= 0.6 is 11.6 Å². The third-order valence-electron chi connectivity index (χ3n) is 3.62. The predicted octanol–water partition coefficient (Wildman–Crippen LogP) is 3.83. The van der Waals surface area contributed by atoms with Gasteiger partial charge >= 0.3 is 0 Å². The van der Waals surface area contributed by atoms with E-state index in [1.165, 1.54) is 0 Å². The molecule has 0 bridgehead atoms. The zero-order valence-electron chi connectivity index (χ0n) is 13.6. The highest BCUT2D eigenvalue weighted by Gasteiger charge is 2.12. The van der Waals surface area contributed by atoms with Crippen molar-refractivity contribution in [3.05, 3.63) is 58.6 Å². The van der Waals surface area contributed by atoms with Gasteiger partial charge in [0.2, 0.25) is 0 Å². The van der Waals surface area contributed by atoms with Crippen molar-refractivity contribution >= 4 is 11.6 Å². The first kappa shape index (κ1) is 17.6. The van der Waals surface area contributed by atoms with Crippen LogP contribution in [0.1, 0.15) is 17.4 Å². The fourth-order valence-corrected chi connectivity index (χ4v) is 2.65. The summed E-state index contributed by atoms with van der Waals surface area (Å²) in [5.41, 5.74) is 2.12. The summed E-state index contributed by atoms with van der Waals surface area (Å²) in [5, 5.41) is 3.93. The van der Waals surface area contributed by atoms with Crippen LogP contribution in [-0.4, -0.2) is 27.9 Å². The normalized spacial score (nSPS) is 12.0. The highest BCUT2D eigenvalue weighted by molar-refractivity contribution is 6.32. The molecule has 0 aromatic heterocycles. The van der Waals surface area contributed by atoms with Crippen LogP contribution in [0.25, 0.3) is 0 Å². The van der Waals surface area contributed by atoms with E-state index in [2.05, 4.69) is 5.32 Å². The van der Waals surface area contributed by atoms with Crippen LogP contribution in [0.3, 0.4) is 0 Å². The summed E-state index contributed by atoms with van der Waals surface area (Å²) in [6, 6.07) is 13.7. The van der Waals surface area contributed by atoms with Crippen molar-refractivity contribution in [2.75, 3.05) is 27.9 Å². The summed E-state index contributed by atoms with van der Waals surface area (Å²) < 4.78 is 16.2. The third-order valence-corrected chi connectivity index (χ3v) is 3.91. The summed E-state index contributed by atoms with van der Waals surface area (Å²) in [7, 11) is 4.93. The molecule has 23 heavy (non-hydrogen) atoms. The van der Waals surface area contributed by atoms with Gasteiger partial charge in [-0.05, 0) is 23.6 Å². The second-order valence-electron chi connectivity index (χ2n) is 5.03. The van der Waals surface area contributed by atoms with E-state index in [0.717, 1.165) is 29.8 Å². The number of rotatable bonds is 8. The standard InChI is InChI=1S/C18H22ClNO3/c1-21-16-12-15(19)17(22-2)11-14(16)9-10-20-18(23-3)13-7-5-4-6-8-13/h4-8,11-12,18,20H,9-10H2,1-3H3. The maximum Gasteiger partial charge on any atom is 0.137 e. The molecule has 2 rings (SSSR count). The smallest absolute Gasteiger partial charge is 0.137 e. The zero-order valence-corrected chi connectivity index (χ0v) is 14.4. The van der Waals surface area contributed by atoms with Crippen LogP contribution in [-0.2, 0) is 11.2 Å². The average molecular weight is 336 g/mol. The molecule has 1 atom stereocenters. The van der Waals surface area contributed by atoms with E-state index in [-0.39, 0.29) is 6.23 Å². The first-order valence-corrected chi connectivity index (χ1v) is 7.79. The topological polar surface area (TPSA) is 39.7 Å². The Morgan fingerprint density at radius 2 is 1.70 bits per heavy atom. The molecule has 0 aliphatic rings. The lowest BCUT2D eigenvalue weighted by molar-refractivity contribution is 0.0743. The molecule has 2 aromatic carbocycles. The first-order chi connectivity index (χ1) is 11.2. The molecule has 124 valence electrons. The highest BCUT2D eigenvalue weighted by atomic mass is 35.5. The number of halogens is 1. The molecular formula is C18H22ClNO3. The van der Waals surface area contributed by atoms with E-state index >= 15 is 0 Å². The monoisotopic (exact) mass is 335 g/mol. The van der Waals surface area contributed by atoms with Crippen molar-refractivity contribution in [3.8, 4) is 11.5 Å². The minimum Gasteiger partial charge on any atom is -0.496 e. The van der Waals surface area contributed by atoms with Crippen LogP contribution in [0.15, 0.2) is 42.5 Å². The molecule has 0 aliphatic heterocycles. The van der Waals surface area contributed by atoms with Crippen molar-refractivity contribution in [2.45, 2.75) is 12.6 Å². The molecule has 0 radical (unpaired) electrons. The van der Waals surface area contributed by atoms with Crippen LogP contribution in [0.4, 0.5) is 0 Å². The van der Waals surface area contributed by atoms with Gasteiger partial charge in [-0.2, -0.15) is 0 Å². The second-order valence-corrected chi connectivity index (χ2v) is 5.44. The maximum atomic E-state index is 6.13. The van der Waals surface area contributed by atoms with Crippen LogP contribution < -0.4 is 14.8 Å².